The van der Waals surface area contributed by atoms with Crippen LogP contribution in [0, 0.1) is 0 Å². The summed E-state index contributed by atoms with van der Waals surface area (Å²) in [5, 5.41) is 7.08. The summed E-state index contributed by atoms with van der Waals surface area (Å²) in [7, 11) is 0. The SMILES string of the molecule is c1ccc(-c2ccc3c(c2)c2cc(-c4ccc(N(c5ccccc5)c5ccc(-c6cnc7c8ccccc8c8ccccc8c7n6)cc5)cc4)ccc2n3-c2ccccc2)cc1. The van der Waals surface area contributed by atoms with Gasteiger partial charge in [-0.1, -0.05) is 152 Å². The average molecular weight is 791 g/mol. The van der Waals surface area contributed by atoms with E-state index in [4.69, 9.17) is 9.97 Å². The molecule has 4 nitrogen and oxygen atoms in total. The second-order valence-electron chi connectivity index (χ2n) is 15.8. The molecule has 0 aliphatic carbocycles. The van der Waals surface area contributed by atoms with Crippen LogP contribution in [0.3, 0.4) is 0 Å². The van der Waals surface area contributed by atoms with E-state index >= 15 is 0 Å². The van der Waals surface area contributed by atoms with Gasteiger partial charge in [0.05, 0.1) is 34.0 Å². The van der Waals surface area contributed by atoms with Crippen molar-refractivity contribution in [3.05, 3.63) is 231 Å². The van der Waals surface area contributed by atoms with Crippen molar-refractivity contribution in [2.24, 2.45) is 0 Å². The van der Waals surface area contributed by atoms with Crippen LogP contribution >= 0.6 is 0 Å². The molecule has 0 saturated heterocycles. The molecule has 62 heavy (non-hydrogen) atoms. The van der Waals surface area contributed by atoms with Crippen molar-refractivity contribution in [1.82, 2.24) is 14.5 Å². The lowest BCUT2D eigenvalue weighted by Gasteiger charge is -2.26. The molecule has 0 bridgehead atoms. The third kappa shape index (κ3) is 6.00. The lowest BCUT2D eigenvalue weighted by molar-refractivity contribution is 1.18. The van der Waals surface area contributed by atoms with E-state index in [1.807, 2.05) is 6.20 Å². The first-order valence-electron chi connectivity index (χ1n) is 21.1. The van der Waals surface area contributed by atoms with Crippen LogP contribution < -0.4 is 4.90 Å². The molecule has 0 amide bonds. The molecule has 0 saturated carbocycles. The maximum absolute atomic E-state index is 5.25. The number of nitrogens with zero attached hydrogens (tertiary/aromatic N) is 4. The van der Waals surface area contributed by atoms with Gasteiger partial charge in [-0.05, 0) is 106 Å². The van der Waals surface area contributed by atoms with Crippen molar-refractivity contribution >= 4 is 71.4 Å². The molecule has 4 heteroatoms. The molecule has 12 rings (SSSR count). The minimum atomic E-state index is 0.847. The molecule has 0 atom stereocenters. The van der Waals surface area contributed by atoms with Gasteiger partial charge in [0.1, 0.15) is 0 Å². The molecule has 2 heterocycles. The molecule has 0 aliphatic heterocycles. The van der Waals surface area contributed by atoms with E-state index in [0.29, 0.717) is 0 Å². The van der Waals surface area contributed by atoms with Crippen molar-refractivity contribution in [3.8, 4) is 39.2 Å². The number of hydrogen-bond donors (Lipinski definition) is 0. The van der Waals surface area contributed by atoms with E-state index in [1.165, 1.54) is 49.3 Å². The average Bonchev–Trinajstić information content (AvgIpc) is 3.68. The van der Waals surface area contributed by atoms with Gasteiger partial charge in [-0.3, -0.25) is 4.98 Å². The molecular weight excluding hydrogens is 753 g/mol. The highest BCUT2D eigenvalue weighted by molar-refractivity contribution is 6.23. The second-order valence-corrected chi connectivity index (χ2v) is 15.8. The molecular formula is C58H38N4. The molecule has 0 radical (unpaired) electrons. The molecule has 2 aromatic heterocycles. The predicted octanol–water partition coefficient (Wildman–Crippen LogP) is 15.5. The van der Waals surface area contributed by atoms with Gasteiger partial charge in [0.15, 0.2) is 0 Å². The molecule has 0 aliphatic rings. The summed E-state index contributed by atoms with van der Waals surface area (Å²) in [6.07, 6.45) is 1.91. The number of fused-ring (bicyclic) bond motifs is 9. The van der Waals surface area contributed by atoms with Crippen LogP contribution in [0.5, 0.6) is 0 Å². The van der Waals surface area contributed by atoms with Crippen LogP contribution in [-0.2, 0) is 0 Å². The topological polar surface area (TPSA) is 34.0 Å². The first-order valence-corrected chi connectivity index (χ1v) is 21.1. The number of rotatable bonds is 7. The highest BCUT2D eigenvalue weighted by Gasteiger charge is 2.17. The molecule has 0 N–H and O–H groups in total. The largest absolute Gasteiger partial charge is 0.311 e. The summed E-state index contributed by atoms with van der Waals surface area (Å²) in [5.74, 6) is 0. The van der Waals surface area contributed by atoms with E-state index < -0.39 is 0 Å². The lowest BCUT2D eigenvalue weighted by atomic mass is 9.99. The van der Waals surface area contributed by atoms with E-state index in [-0.39, 0.29) is 0 Å². The first kappa shape index (κ1) is 35.6. The lowest BCUT2D eigenvalue weighted by Crippen LogP contribution is -2.09. The fourth-order valence-corrected chi connectivity index (χ4v) is 9.24. The summed E-state index contributed by atoms with van der Waals surface area (Å²) >= 11 is 0. The van der Waals surface area contributed by atoms with Crippen LogP contribution in [0.25, 0.3) is 93.6 Å². The van der Waals surface area contributed by atoms with Gasteiger partial charge in [-0.25, -0.2) is 4.98 Å². The van der Waals surface area contributed by atoms with E-state index in [9.17, 15) is 0 Å². The van der Waals surface area contributed by atoms with Gasteiger partial charge >= 0.3 is 0 Å². The van der Waals surface area contributed by atoms with Crippen molar-refractivity contribution in [2.45, 2.75) is 0 Å². The Morgan fingerprint density at radius 1 is 0.323 bits per heavy atom. The third-order valence-corrected chi connectivity index (χ3v) is 12.2. The zero-order valence-corrected chi connectivity index (χ0v) is 33.7. The maximum Gasteiger partial charge on any atom is 0.0979 e. The summed E-state index contributed by atoms with van der Waals surface area (Å²) in [6.45, 7) is 0. The number of benzene rings is 10. The minimum absolute atomic E-state index is 0.847. The first-order chi connectivity index (χ1) is 30.7. The summed E-state index contributed by atoms with van der Waals surface area (Å²) in [4.78, 5) is 12.6. The number of aromatic nitrogens is 3. The van der Waals surface area contributed by atoms with E-state index in [2.05, 4.69) is 234 Å². The van der Waals surface area contributed by atoms with Gasteiger partial charge in [0, 0.05) is 49.9 Å². The predicted molar refractivity (Wildman–Crippen MR) is 260 cm³/mol. The fourth-order valence-electron chi connectivity index (χ4n) is 9.24. The summed E-state index contributed by atoms with van der Waals surface area (Å²) in [5.41, 5.74) is 15.2. The van der Waals surface area contributed by atoms with Gasteiger partial charge in [0.25, 0.3) is 0 Å². The van der Waals surface area contributed by atoms with Crippen LogP contribution in [-0.4, -0.2) is 14.5 Å². The Hall–Kier alpha value is -8.34. The molecule has 0 unspecified atom stereocenters. The van der Waals surface area contributed by atoms with Gasteiger partial charge in [0.2, 0.25) is 0 Å². The van der Waals surface area contributed by atoms with Gasteiger partial charge in [-0.15, -0.1) is 0 Å². The van der Waals surface area contributed by atoms with Gasteiger partial charge in [-0.2, -0.15) is 0 Å². The Balaban J connectivity index is 0.915. The second kappa shape index (κ2) is 14.7. The Kier molecular flexibility index (Phi) is 8.46. The normalized spacial score (nSPS) is 11.5. The van der Waals surface area contributed by atoms with Crippen molar-refractivity contribution in [3.63, 3.8) is 0 Å². The van der Waals surface area contributed by atoms with Crippen molar-refractivity contribution in [1.29, 1.82) is 0 Å². The Morgan fingerprint density at radius 2 is 0.758 bits per heavy atom. The van der Waals surface area contributed by atoms with Crippen LogP contribution in [0.4, 0.5) is 17.1 Å². The molecule has 290 valence electrons. The molecule has 0 fully saturated rings. The molecule has 0 spiro atoms. The quantitative estimate of drug-likeness (QED) is 0.151. The summed E-state index contributed by atoms with van der Waals surface area (Å²) < 4.78 is 2.38. The van der Waals surface area contributed by atoms with E-state index in [1.54, 1.807) is 0 Å². The number of para-hydroxylation sites is 2. The van der Waals surface area contributed by atoms with Gasteiger partial charge < -0.3 is 9.47 Å². The molecule has 12 aromatic rings. The number of hydrogen-bond acceptors (Lipinski definition) is 3. The Labute approximate surface area is 359 Å². The maximum atomic E-state index is 5.25. The zero-order valence-electron chi connectivity index (χ0n) is 33.7. The van der Waals surface area contributed by atoms with Crippen LogP contribution in [0.1, 0.15) is 0 Å². The zero-order chi connectivity index (χ0) is 41.0. The fraction of sp³-hybridized carbons (Fsp3) is 0. The van der Waals surface area contributed by atoms with Crippen LogP contribution in [0.2, 0.25) is 0 Å². The Morgan fingerprint density at radius 3 is 1.34 bits per heavy atom. The smallest absolute Gasteiger partial charge is 0.0979 e. The van der Waals surface area contributed by atoms with E-state index in [0.717, 1.165) is 61.4 Å². The number of anilines is 3. The highest BCUT2D eigenvalue weighted by atomic mass is 15.1. The Bertz CT molecular complexity index is 3560. The van der Waals surface area contributed by atoms with Crippen LogP contribution in [0.15, 0.2) is 231 Å². The monoisotopic (exact) mass is 790 g/mol. The van der Waals surface area contributed by atoms with Crippen molar-refractivity contribution < 1.29 is 0 Å². The standard InChI is InChI=1S/C58H38N4/c1-4-14-39(15-5-1)42-28-34-55-52(36-42)53-37-43(29-35-56(53)62(55)45-18-8-3-9-19-45)40-24-30-46(31-25-40)61(44-16-6-2-7-17-44)47-32-26-41(27-33-47)54-38-59-57-50-22-12-10-20-48(50)49-21-11-13-23-51(49)58(57)60-54/h1-38H. The third-order valence-electron chi connectivity index (χ3n) is 12.2. The summed E-state index contributed by atoms with van der Waals surface area (Å²) in [6, 6.07) is 80.2. The minimum Gasteiger partial charge on any atom is -0.311 e. The highest BCUT2D eigenvalue weighted by Crippen LogP contribution is 2.40. The molecule has 10 aromatic carbocycles. The van der Waals surface area contributed by atoms with Crippen molar-refractivity contribution in [2.75, 3.05) is 4.90 Å².